The van der Waals surface area contributed by atoms with Gasteiger partial charge in [-0.1, -0.05) is 86.2 Å². The third kappa shape index (κ3) is 56.2. The number of nitrogens with zero attached hydrogens (tertiary/aromatic N) is 3. The monoisotopic (exact) mass is 1740 g/mol. The number of ketones is 4. The minimum atomic E-state index is -1.12. The van der Waals surface area contributed by atoms with Gasteiger partial charge < -0.3 is 112 Å². The summed E-state index contributed by atoms with van der Waals surface area (Å²) < 4.78 is 32.5. The fraction of sp³-hybridized carbons (Fsp3) is 0.899. The number of nitrogens with two attached hydrogens (primary N) is 1. The van der Waals surface area contributed by atoms with Crippen molar-refractivity contribution in [1.29, 1.82) is 0 Å². The Labute approximate surface area is 708 Å². The number of thiol groups is 1. The summed E-state index contributed by atoms with van der Waals surface area (Å²) in [6, 6.07) is 0. The van der Waals surface area contributed by atoms with Crippen molar-refractivity contribution in [3.63, 3.8) is 0 Å². The third-order valence-electron chi connectivity index (χ3n) is 19.3. The van der Waals surface area contributed by atoms with Crippen LogP contribution in [-0.4, -0.2) is 303 Å². The molecule has 7 unspecified atom stereocenters. The van der Waals surface area contributed by atoms with E-state index in [9.17, 15) is 74.1 Å². The fourth-order valence-corrected chi connectivity index (χ4v) is 13.6. The van der Waals surface area contributed by atoms with Gasteiger partial charge in [-0.25, -0.2) is 0 Å². The largest absolute Gasteiger partial charge is 0.394 e. The lowest BCUT2D eigenvalue weighted by Crippen LogP contribution is -2.55. The van der Waals surface area contributed by atoms with Crippen molar-refractivity contribution in [3.05, 3.63) is 10.4 Å². The highest BCUT2D eigenvalue weighted by Gasteiger charge is 2.45. The Morgan fingerprint density at radius 2 is 0.948 bits per heavy atom. The van der Waals surface area contributed by atoms with Crippen molar-refractivity contribution in [3.8, 4) is 0 Å². The van der Waals surface area contributed by atoms with Gasteiger partial charge in [-0.3, -0.25) is 38.4 Å². The van der Waals surface area contributed by atoms with E-state index in [0.29, 0.717) is 103 Å². The smallest absolute Gasteiger partial charge is 0.234 e. The van der Waals surface area contributed by atoms with Crippen LogP contribution in [0.3, 0.4) is 0 Å². The minimum absolute atomic E-state index is 0.0189. The molecule has 0 aliphatic carbocycles. The topological polar surface area (TPSA) is 537 Å². The number of hydrogen-bond acceptors (Lipinski definition) is 30. The van der Waals surface area contributed by atoms with Crippen molar-refractivity contribution in [2.45, 2.75) is 297 Å². The number of carbonyl (C=O) groups excluding carboxylic acids is 8. The number of thioether (sulfide) groups is 2. The van der Waals surface area contributed by atoms with Crippen molar-refractivity contribution in [1.82, 2.24) is 21.3 Å². The van der Waals surface area contributed by atoms with Gasteiger partial charge in [0, 0.05) is 118 Å². The zero-order valence-corrected chi connectivity index (χ0v) is 74.1. The molecule has 3 heterocycles. The van der Waals surface area contributed by atoms with Gasteiger partial charge in [0.05, 0.1) is 69.0 Å². The Balaban J connectivity index is -0.00000147. The van der Waals surface area contributed by atoms with Crippen molar-refractivity contribution >= 4 is 94.5 Å². The van der Waals surface area contributed by atoms with E-state index in [1.165, 1.54) is 30.4 Å². The number of Topliss-reactive ketones (excluding diaryl/α,β-unsaturated/α-hetero) is 4. The van der Waals surface area contributed by atoms with E-state index in [4.69, 9.17) is 71.7 Å². The number of azide groups is 1. The first-order chi connectivity index (χ1) is 55.5. The molecule has 3 saturated heterocycles. The number of hydrogen-bond donors (Lipinski definition) is 17. The highest BCUT2D eigenvalue weighted by atomic mass is 35.5. The summed E-state index contributed by atoms with van der Waals surface area (Å²) in [5.74, 6) is 1.53. The molecule has 3 fully saturated rings. The SMILES string of the molecule is CC.CC1[C@@H](OCCCCC(=O)CCCS)OC(CO)[C@H](O)[C@@H]1O.CC1[C@@H](OCCCN)OC(CO)[C@H](O)[C@@H]1O.CC1[C@@H](OCCCN=[N+]=[N-])OC(CO)[C@H](O)[C@@H]1O.CCCCNC(=O)CCCSCC(=O)NCCCC[C@H](CC(=O)[C@@H](CC)CCCCNC(=O)CSCC(O)CO)C(C)=O.CC[C@@H](CCCCNC(=O)CCl)C(C)=O. The highest BCUT2D eigenvalue weighted by Crippen LogP contribution is 2.30. The number of carbonyl (C=O) groups is 8. The molecule has 3 aliphatic heterocycles. The molecule has 682 valence electrons. The number of aliphatic hydroxyl groups excluding tert-OH is 11. The summed E-state index contributed by atoms with van der Waals surface area (Å²) in [7, 11) is 0. The summed E-state index contributed by atoms with van der Waals surface area (Å²) in [5.41, 5.74) is 13.4. The van der Waals surface area contributed by atoms with Crippen LogP contribution in [0.5, 0.6) is 0 Å². The number of nitrogens with one attached hydrogen (secondary N) is 4. The van der Waals surface area contributed by atoms with E-state index < -0.39 is 85.8 Å². The van der Waals surface area contributed by atoms with Gasteiger partial charge in [0.2, 0.25) is 23.6 Å². The summed E-state index contributed by atoms with van der Waals surface area (Å²) in [5, 5.41) is 118. The second-order valence-corrected chi connectivity index (χ2v) is 31.6. The third-order valence-corrected chi connectivity index (χ3v) is 22.0. The number of unbranched alkanes of at least 4 members (excludes halogenated alkanes) is 5. The van der Waals surface area contributed by atoms with E-state index in [0.717, 1.165) is 121 Å². The molecule has 0 bridgehead atoms. The zero-order chi connectivity index (χ0) is 88.2. The minimum Gasteiger partial charge on any atom is -0.394 e. The van der Waals surface area contributed by atoms with Gasteiger partial charge in [0.25, 0.3) is 0 Å². The van der Waals surface area contributed by atoms with Crippen molar-refractivity contribution in [2.75, 3.05) is 120 Å². The molecule has 19 atom stereocenters. The Morgan fingerprint density at radius 1 is 0.534 bits per heavy atom. The lowest BCUT2D eigenvalue weighted by atomic mass is 9.85. The predicted molar refractivity (Wildman–Crippen MR) is 452 cm³/mol. The molecule has 3 aliphatic rings. The van der Waals surface area contributed by atoms with Crippen LogP contribution in [-0.2, 0) is 66.8 Å². The summed E-state index contributed by atoms with van der Waals surface area (Å²) in [4.78, 5) is 96.7. The van der Waals surface area contributed by atoms with E-state index in [1.807, 2.05) is 27.7 Å². The number of alkyl halides is 1. The molecule has 37 heteroatoms. The lowest BCUT2D eigenvalue weighted by Gasteiger charge is -2.40. The van der Waals surface area contributed by atoms with E-state index in [-0.39, 0.29) is 121 Å². The van der Waals surface area contributed by atoms with Crippen molar-refractivity contribution < 1.29 is 123 Å². The van der Waals surface area contributed by atoms with E-state index in [1.54, 1.807) is 27.7 Å². The number of halogens is 1. The first kappa shape index (κ1) is 117. The molecule has 0 aromatic carbocycles. The molecule has 17 N–H and O–H groups in total. The fourth-order valence-electron chi connectivity index (χ4n) is 11.8. The van der Waals surface area contributed by atoms with Gasteiger partial charge in [-0.2, -0.15) is 24.4 Å². The summed E-state index contributed by atoms with van der Waals surface area (Å²) in [6.07, 6.45) is 5.53. The Morgan fingerprint density at radius 3 is 1.36 bits per heavy atom. The number of aliphatic hydroxyl groups is 11. The summed E-state index contributed by atoms with van der Waals surface area (Å²) in [6.45, 7) is 21.5. The molecule has 0 saturated carbocycles. The van der Waals surface area contributed by atoms with Crippen LogP contribution < -0.4 is 27.0 Å². The first-order valence-electron chi connectivity index (χ1n) is 41.7. The van der Waals surface area contributed by atoms with Crippen molar-refractivity contribution in [2.24, 2.45) is 46.4 Å². The van der Waals surface area contributed by atoms with Crippen LogP contribution in [0.2, 0.25) is 0 Å². The van der Waals surface area contributed by atoms with Crippen LogP contribution in [0, 0.1) is 35.5 Å². The average Bonchev–Trinajstić information content (AvgIpc) is 0.832. The molecule has 4 amide bonds. The van der Waals surface area contributed by atoms with Gasteiger partial charge >= 0.3 is 0 Å². The molecule has 0 spiro atoms. The van der Waals surface area contributed by atoms with Crippen LogP contribution in [0.25, 0.3) is 10.4 Å². The number of amides is 4. The van der Waals surface area contributed by atoms with Crippen LogP contribution in [0.4, 0.5) is 0 Å². The van der Waals surface area contributed by atoms with Gasteiger partial charge in [-0.15, -0.1) is 23.4 Å². The second-order valence-electron chi connectivity index (χ2n) is 28.8. The lowest BCUT2D eigenvalue weighted by molar-refractivity contribution is -0.282. The van der Waals surface area contributed by atoms with Gasteiger partial charge in [-0.05, 0) is 134 Å². The number of rotatable bonds is 58. The van der Waals surface area contributed by atoms with Gasteiger partial charge in [0.1, 0.15) is 65.6 Å². The van der Waals surface area contributed by atoms with Crippen LogP contribution in [0.15, 0.2) is 5.11 Å². The normalized spacial score (nSPS) is 23.7. The number of ether oxygens (including phenoxy) is 6. The van der Waals surface area contributed by atoms with Gasteiger partial charge in [0.15, 0.2) is 18.9 Å². The molecule has 116 heavy (non-hydrogen) atoms. The second kappa shape index (κ2) is 76.4. The molecule has 0 aromatic heterocycles. The quantitative estimate of drug-likeness (QED) is 0.00934. The molecule has 33 nitrogen and oxygen atoms in total. The molecule has 0 aromatic rings. The van der Waals surface area contributed by atoms with Crippen LogP contribution in [0.1, 0.15) is 217 Å². The molecular formula is C79H151ClN8O25S3. The molecule has 0 radical (unpaired) electrons. The van der Waals surface area contributed by atoms with E-state index >= 15 is 0 Å². The Hall–Kier alpha value is -3.51. The standard InChI is InChI=1S/C31H57N3O7S2.C15H28O6S.C11H20ClNO2.C10H19N3O5.C10H21NO5.C2H6/c1-4-6-15-32-29(39)14-11-18-42-22-30(40)33-17-10-8-13-26(24(3)36)19-28(38)25(5-2)12-7-9-16-34-31(41)23-43-21-27(37)20-35;1-10-13(18)14(19)12(9-16)21-15(10)20-7-3-2-5-11(17)6-4-8-22;1-3-10(9(2)14)6-4-5-7-13-11(15)8-12;1-6-8(15)9(16)7(5-14)18-10(6)17-4-2-3-12-13-11;1-6-8(13)9(14)7(5-12)16-10(6)15-4-2-3-11;1-2/h25-27,35,37H,4-23H2,1-3H3,(H,32,39)(H,33,40)(H,34,41);10,12-16,18-19,22H,2-9H2,1H3;10H,3-8H2,1-2H3,(H,13,15);6-10,14-16H,2-5H2,1H3;6-10,12-14H,2-5,11H2,1H3;1-2H3/t25-,26+,27?;10?,12?,13-,14+,15+;10-;2*6?,7?,8-,9+,10+;/m01011./s1. The maximum atomic E-state index is 12.9. The molecular weight excluding hydrogens is 1590 g/mol. The maximum absolute atomic E-state index is 12.9. The maximum Gasteiger partial charge on any atom is 0.234 e. The average molecular weight is 1740 g/mol. The highest BCUT2D eigenvalue weighted by molar-refractivity contribution is 8.00. The zero-order valence-electron chi connectivity index (χ0n) is 70.9. The first-order valence-corrected chi connectivity index (χ1v) is 45.1. The van der Waals surface area contributed by atoms with E-state index in [2.05, 4.69) is 50.8 Å². The molecule has 3 rings (SSSR count). The predicted octanol–water partition coefficient (Wildman–Crippen LogP) is 5.15. The summed E-state index contributed by atoms with van der Waals surface area (Å²) >= 11 is 12.2. The van der Waals surface area contributed by atoms with Crippen LogP contribution >= 0.6 is 47.8 Å². The Bertz CT molecular complexity index is 2570. The Kier molecular flexibility index (Phi) is 76.8.